The number of ether oxygens (including phenoxy) is 1. The van der Waals surface area contributed by atoms with E-state index in [0.717, 1.165) is 0 Å². The second-order valence-corrected chi connectivity index (χ2v) is 3.07. The van der Waals surface area contributed by atoms with E-state index < -0.39 is 0 Å². The summed E-state index contributed by atoms with van der Waals surface area (Å²) in [4.78, 5) is 10.9. The summed E-state index contributed by atoms with van der Waals surface area (Å²) in [5.41, 5.74) is 1.17. The maximum atomic E-state index is 10.9. The Morgan fingerprint density at radius 2 is 2.00 bits per heavy atom. The summed E-state index contributed by atoms with van der Waals surface area (Å²) in [6.07, 6.45) is 1.89. The Labute approximate surface area is 68.2 Å². The van der Waals surface area contributed by atoms with Crippen LogP contribution in [0.15, 0.2) is 11.6 Å². The van der Waals surface area contributed by atoms with E-state index in [1.807, 2.05) is 33.8 Å². The van der Waals surface area contributed by atoms with E-state index in [9.17, 15) is 4.79 Å². The van der Waals surface area contributed by atoms with Crippen molar-refractivity contribution in [2.45, 2.75) is 27.7 Å². The molecule has 0 aromatic rings. The first kappa shape index (κ1) is 10.2. The molecule has 0 bridgehead atoms. The van der Waals surface area contributed by atoms with Gasteiger partial charge in [0.1, 0.15) is 6.61 Å². The van der Waals surface area contributed by atoms with Crippen molar-refractivity contribution in [3.63, 3.8) is 0 Å². The molecular formula is C9H16O2. The minimum atomic E-state index is -0.137. The van der Waals surface area contributed by atoms with Crippen molar-refractivity contribution in [1.82, 2.24) is 0 Å². The van der Waals surface area contributed by atoms with Crippen molar-refractivity contribution < 1.29 is 9.53 Å². The SMILES string of the molecule is CC(C)=CCOC(=O)C(C)C. The fourth-order valence-electron chi connectivity index (χ4n) is 0.457. The van der Waals surface area contributed by atoms with Crippen molar-refractivity contribution in [1.29, 1.82) is 0 Å². The lowest BCUT2D eigenvalue weighted by atomic mass is 10.2. The van der Waals surface area contributed by atoms with E-state index >= 15 is 0 Å². The molecule has 64 valence electrons. The standard InChI is InChI=1S/C9H16O2/c1-7(2)5-6-11-9(10)8(3)4/h5,8H,6H2,1-4H3. The monoisotopic (exact) mass is 156 g/mol. The summed E-state index contributed by atoms with van der Waals surface area (Å²) >= 11 is 0. The summed E-state index contributed by atoms with van der Waals surface area (Å²) in [7, 11) is 0. The quantitative estimate of drug-likeness (QED) is 0.462. The van der Waals surface area contributed by atoms with Crippen LogP contribution in [-0.2, 0) is 9.53 Å². The lowest BCUT2D eigenvalue weighted by Gasteiger charge is -2.03. The number of allylic oxidation sites excluding steroid dienone is 1. The van der Waals surface area contributed by atoms with Crippen LogP contribution in [0.3, 0.4) is 0 Å². The van der Waals surface area contributed by atoms with Crippen LogP contribution in [0.5, 0.6) is 0 Å². The molecule has 0 heterocycles. The largest absolute Gasteiger partial charge is 0.461 e. The van der Waals surface area contributed by atoms with Gasteiger partial charge in [-0.15, -0.1) is 0 Å². The van der Waals surface area contributed by atoms with Gasteiger partial charge in [0, 0.05) is 0 Å². The van der Waals surface area contributed by atoms with E-state index in [1.165, 1.54) is 5.57 Å². The van der Waals surface area contributed by atoms with Gasteiger partial charge in [0.15, 0.2) is 0 Å². The van der Waals surface area contributed by atoms with Crippen LogP contribution in [0, 0.1) is 5.92 Å². The van der Waals surface area contributed by atoms with Crippen LogP contribution in [0.4, 0.5) is 0 Å². The molecule has 0 aliphatic rings. The highest BCUT2D eigenvalue weighted by molar-refractivity contribution is 5.71. The Morgan fingerprint density at radius 3 is 2.36 bits per heavy atom. The predicted octanol–water partition coefficient (Wildman–Crippen LogP) is 2.15. The Morgan fingerprint density at radius 1 is 1.45 bits per heavy atom. The van der Waals surface area contributed by atoms with Gasteiger partial charge in [-0.2, -0.15) is 0 Å². The zero-order valence-electron chi connectivity index (χ0n) is 7.68. The topological polar surface area (TPSA) is 26.3 Å². The lowest BCUT2D eigenvalue weighted by molar-refractivity contribution is -0.146. The Hall–Kier alpha value is -0.790. The summed E-state index contributed by atoms with van der Waals surface area (Å²) in [5.74, 6) is -0.164. The second kappa shape index (κ2) is 4.94. The summed E-state index contributed by atoms with van der Waals surface area (Å²) in [6, 6.07) is 0. The molecule has 0 rings (SSSR count). The number of rotatable bonds is 3. The molecular weight excluding hydrogens is 140 g/mol. The number of esters is 1. The van der Waals surface area contributed by atoms with Gasteiger partial charge in [-0.05, 0) is 19.9 Å². The van der Waals surface area contributed by atoms with Crippen LogP contribution in [0.2, 0.25) is 0 Å². The molecule has 0 aromatic carbocycles. The Balaban J connectivity index is 3.56. The molecule has 0 N–H and O–H groups in total. The van der Waals surface area contributed by atoms with E-state index in [0.29, 0.717) is 6.61 Å². The molecule has 2 heteroatoms. The van der Waals surface area contributed by atoms with Crippen LogP contribution in [0.1, 0.15) is 27.7 Å². The molecule has 0 radical (unpaired) electrons. The summed E-state index contributed by atoms with van der Waals surface area (Å²) in [6.45, 7) is 8.00. The third-order valence-corrected chi connectivity index (χ3v) is 1.19. The molecule has 0 aliphatic carbocycles. The van der Waals surface area contributed by atoms with Gasteiger partial charge >= 0.3 is 5.97 Å². The molecule has 11 heavy (non-hydrogen) atoms. The Kier molecular flexibility index (Phi) is 4.59. The van der Waals surface area contributed by atoms with Gasteiger partial charge < -0.3 is 4.74 Å². The van der Waals surface area contributed by atoms with Crippen molar-refractivity contribution >= 4 is 5.97 Å². The van der Waals surface area contributed by atoms with Crippen molar-refractivity contribution in [2.24, 2.45) is 5.92 Å². The molecule has 0 atom stereocenters. The zero-order valence-corrected chi connectivity index (χ0v) is 7.68. The first-order valence-electron chi connectivity index (χ1n) is 3.84. The van der Waals surface area contributed by atoms with Crippen LogP contribution < -0.4 is 0 Å². The number of carbonyl (C=O) groups is 1. The fraction of sp³-hybridized carbons (Fsp3) is 0.667. The fourth-order valence-corrected chi connectivity index (χ4v) is 0.457. The minimum Gasteiger partial charge on any atom is -0.461 e. The molecule has 2 nitrogen and oxygen atoms in total. The van der Waals surface area contributed by atoms with Crippen LogP contribution in [-0.4, -0.2) is 12.6 Å². The van der Waals surface area contributed by atoms with Crippen LogP contribution >= 0.6 is 0 Å². The maximum absolute atomic E-state index is 10.9. The van der Waals surface area contributed by atoms with E-state index in [2.05, 4.69) is 0 Å². The van der Waals surface area contributed by atoms with Crippen molar-refractivity contribution in [3.8, 4) is 0 Å². The van der Waals surface area contributed by atoms with E-state index in [-0.39, 0.29) is 11.9 Å². The number of hydrogen-bond donors (Lipinski definition) is 0. The first-order chi connectivity index (χ1) is 5.04. The molecule has 0 fully saturated rings. The van der Waals surface area contributed by atoms with Crippen LogP contribution in [0.25, 0.3) is 0 Å². The highest BCUT2D eigenvalue weighted by atomic mass is 16.5. The summed E-state index contributed by atoms with van der Waals surface area (Å²) < 4.78 is 4.90. The van der Waals surface area contributed by atoms with Crippen molar-refractivity contribution in [3.05, 3.63) is 11.6 Å². The zero-order chi connectivity index (χ0) is 8.85. The highest BCUT2D eigenvalue weighted by Gasteiger charge is 2.05. The molecule has 0 aromatic heterocycles. The van der Waals surface area contributed by atoms with Gasteiger partial charge in [0.25, 0.3) is 0 Å². The molecule has 0 saturated heterocycles. The third kappa shape index (κ3) is 5.64. The molecule has 0 spiro atoms. The summed E-state index contributed by atoms with van der Waals surface area (Å²) in [5, 5.41) is 0. The van der Waals surface area contributed by atoms with Gasteiger partial charge in [0.05, 0.1) is 5.92 Å². The average molecular weight is 156 g/mol. The molecule has 0 saturated carbocycles. The van der Waals surface area contributed by atoms with Gasteiger partial charge in [-0.25, -0.2) is 0 Å². The molecule has 0 unspecified atom stereocenters. The smallest absolute Gasteiger partial charge is 0.308 e. The minimum absolute atomic E-state index is 0.0273. The van der Waals surface area contributed by atoms with Gasteiger partial charge in [0.2, 0.25) is 0 Å². The number of carbonyl (C=O) groups excluding carboxylic acids is 1. The maximum Gasteiger partial charge on any atom is 0.308 e. The predicted molar refractivity (Wildman–Crippen MR) is 45.2 cm³/mol. The first-order valence-corrected chi connectivity index (χ1v) is 3.84. The second-order valence-electron chi connectivity index (χ2n) is 3.07. The molecule has 0 aliphatic heterocycles. The number of hydrogen-bond acceptors (Lipinski definition) is 2. The lowest BCUT2D eigenvalue weighted by Crippen LogP contribution is -2.11. The van der Waals surface area contributed by atoms with Gasteiger partial charge in [-0.1, -0.05) is 19.4 Å². The normalized spacial score (nSPS) is 9.55. The van der Waals surface area contributed by atoms with E-state index in [4.69, 9.17) is 4.74 Å². The van der Waals surface area contributed by atoms with E-state index in [1.54, 1.807) is 0 Å². The molecule has 0 amide bonds. The third-order valence-electron chi connectivity index (χ3n) is 1.19. The average Bonchev–Trinajstić information content (AvgIpc) is 1.86. The van der Waals surface area contributed by atoms with Crippen molar-refractivity contribution in [2.75, 3.05) is 6.61 Å². The van der Waals surface area contributed by atoms with Gasteiger partial charge in [-0.3, -0.25) is 4.79 Å². The Bertz CT molecular complexity index is 153. The highest BCUT2D eigenvalue weighted by Crippen LogP contribution is 1.96.